The molecule has 0 saturated heterocycles. The second-order valence-corrected chi connectivity index (χ2v) is 4.64. The summed E-state index contributed by atoms with van der Waals surface area (Å²) >= 11 is 1.42. The van der Waals surface area contributed by atoms with Crippen LogP contribution in [-0.2, 0) is 11.2 Å². The topological polar surface area (TPSA) is 30.0 Å². The van der Waals surface area contributed by atoms with Gasteiger partial charge in [-0.25, -0.2) is 9.37 Å². The van der Waals surface area contributed by atoms with Crippen LogP contribution in [0.3, 0.4) is 0 Å². The molecule has 1 heterocycles. The zero-order valence-corrected chi connectivity index (χ0v) is 9.55. The Morgan fingerprint density at radius 3 is 3.00 bits per heavy atom. The Kier molecular flexibility index (Phi) is 3.10. The molecule has 0 aliphatic heterocycles. The molecule has 0 aliphatic rings. The second kappa shape index (κ2) is 4.53. The molecule has 2 rings (SSSR count). The summed E-state index contributed by atoms with van der Waals surface area (Å²) in [5, 5.41) is 0.746. The highest BCUT2D eigenvalue weighted by Gasteiger charge is 2.06. The van der Waals surface area contributed by atoms with Gasteiger partial charge in [-0.05, 0) is 19.1 Å². The third-order valence-electron chi connectivity index (χ3n) is 2.05. The predicted octanol–water partition coefficient (Wildman–Crippen LogP) is 3.08. The van der Waals surface area contributed by atoms with Crippen LogP contribution in [0.15, 0.2) is 30.5 Å². The lowest BCUT2D eigenvalue weighted by atomic mass is 10.2. The van der Waals surface area contributed by atoms with E-state index in [1.807, 2.05) is 0 Å². The van der Waals surface area contributed by atoms with Crippen molar-refractivity contribution < 1.29 is 9.18 Å². The summed E-state index contributed by atoms with van der Waals surface area (Å²) in [7, 11) is 0. The average Bonchev–Trinajstić information content (AvgIpc) is 2.65. The Morgan fingerprint density at radius 1 is 1.50 bits per heavy atom. The quantitative estimate of drug-likeness (QED) is 0.818. The molecular formula is C12H10FNOS. The molecule has 0 spiro atoms. The Labute approximate surface area is 96.8 Å². The molecule has 2 nitrogen and oxygen atoms in total. The van der Waals surface area contributed by atoms with E-state index in [4.69, 9.17) is 0 Å². The highest BCUT2D eigenvalue weighted by Crippen LogP contribution is 2.25. The second-order valence-electron chi connectivity index (χ2n) is 3.52. The molecule has 82 valence electrons. The summed E-state index contributed by atoms with van der Waals surface area (Å²) < 4.78 is 13.0. The highest BCUT2D eigenvalue weighted by atomic mass is 32.1. The number of hydrogen-bond donors (Lipinski definition) is 0. The average molecular weight is 235 g/mol. The molecule has 0 amide bonds. The van der Waals surface area contributed by atoms with E-state index in [-0.39, 0.29) is 11.6 Å². The number of Topliss-reactive ketones (excluding diaryl/α,β-unsaturated/α-hetero) is 1. The molecule has 0 atom stereocenters. The molecule has 16 heavy (non-hydrogen) atoms. The van der Waals surface area contributed by atoms with Gasteiger partial charge in [-0.2, -0.15) is 0 Å². The molecule has 0 aliphatic carbocycles. The molecule has 0 saturated carbocycles. The monoisotopic (exact) mass is 235 g/mol. The van der Waals surface area contributed by atoms with Crippen molar-refractivity contribution in [2.45, 2.75) is 13.3 Å². The molecule has 0 bridgehead atoms. The van der Waals surface area contributed by atoms with Crippen LogP contribution in [0, 0.1) is 5.82 Å². The Balaban J connectivity index is 2.28. The molecule has 1 aromatic carbocycles. The molecule has 1 aromatic heterocycles. The number of benzene rings is 1. The van der Waals surface area contributed by atoms with E-state index in [2.05, 4.69) is 4.98 Å². The lowest BCUT2D eigenvalue weighted by Crippen LogP contribution is -1.92. The Morgan fingerprint density at radius 2 is 2.31 bits per heavy atom. The van der Waals surface area contributed by atoms with Gasteiger partial charge in [0.1, 0.15) is 16.6 Å². The molecular weight excluding hydrogens is 225 g/mol. The van der Waals surface area contributed by atoms with Gasteiger partial charge in [0, 0.05) is 23.1 Å². The SMILES string of the molecule is CC(=O)Cc1cnc(-c2cccc(F)c2)s1. The molecule has 0 N–H and O–H groups in total. The van der Waals surface area contributed by atoms with E-state index in [0.717, 1.165) is 15.4 Å². The lowest BCUT2D eigenvalue weighted by molar-refractivity contribution is -0.116. The van der Waals surface area contributed by atoms with Gasteiger partial charge in [-0.3, -0.25) is 4.79 Å². The van der Waals surface area contributed by atoms with Crippen LogP contribution >= 0.6 is 11.3 Å². The van der Waals surface area contributed by atoms with E-state index in [9.17, 15) is 9.18 Å². The van der Waals surface area contributed by atoms with Gasteiger partial charge in [0.2, 0.25) is 0 Å². The maximum absolute atomic E-state index is 13.0. The van der Waals surface area contributed by atoms with Crippen molar-refractivity contribution in [1.82, 2.24) is 4.98 Å². The summed E-state index contributed by atoms with van der Waals surface area (Å²) in [6, 6.07) is 6.29. The first-order valence-corrected chi connectivity index (χ1v) is 5.67. The summed E-state index contributed by atoms with van der Waals surface area (Å²) in [5.41, 5.74) is 0.750. The largest absolute Gasteiger partial charge is 0.300 e. The number of carbonyl (C=O) groups excluding carboxylic acids is 1. The first-order chi connectivity index (χ1) is 7.65. The van der Waals surface area contributed by atoms with Gasteiger partial charge in [0.05, 0.1) is 0 Å². The third kappa shape index (κ3) is 2.52. The van der Waals surface area contributed by atoms with Crippen LogP contribution in [0.1, 0.15) is 11.8 Å². The summed E-state index contributed by atoms with van der Waals surface area (Å²) in [6.45, 7) is 1.54. The maximum atomic E-state index is 13.0. The van der Waals surface area contributed by atoms with Crippen LogP contribution in [0.5, 0.6) is 0 Å². The Hall–Kier alpha value is -1.55. The van der Waals surface area contributed by atoms with Crippen molar-refractivity contribution in [3.63, 3.8) is 0 Å². The van der Waals surface area contributed by atoms with Crippen LogP contribution in [0.25, 0.3) is 10.6 Å². The molecule has 0 radical (unpaired) electrons. The molecule has 2 aromatic rings. The van der Waals surface area contributed by atoms with Crippen molar-refractivity contribution in [3.8, 4) is 10.6 Å². The van der Waals surface area contributed by atoms with E-state index in [1.165, 1.54) is 23.5 Å². The van der Waals surface area contributed by atoms with Gasteiger partial charge in [0.25, 0.3) is 0 Å². The van der Waals surface area contributed by atoms with Gasteiger partial charge < -0.3 is 0 Å². The van der Waals surface area contributed by atoms with Crippen molar-refractivity contribution in [3.05, 3.63) is 41.2 Å². The number of ketones is 1. The number of halogens is 1. The van der Waals surface area contributed by atoms with Crippen LogP contribution < -0.4 is 0 Å². The normalized spacial score (nSPS) is 10.4. The number of carbonyl (C=O) groups is 1. The van der Waals surface area contributed by atoms with Crippen molar-refractivity contribution in [2.24, 2.45) is 0 Å². The fourth-order valence-corrected chi connectivity index (χ4v) is 2.37. The van der Waals surface area contributed by atoms with Crippen LogP contribution in [-0.4, -0.2) is 10.8 Å². The van der Waals surface area contributed by atoms with Gasteiger partial charge in [0.15, 0.2) is 0 Å². The maximum Gasteiger partial charge on any atom is 0.135 e. The van der Waals surface area contributed by atoms with Gasteiger partial charge in [-0.15, -0.1) is 11.3 Å². The van der Waals surface area contributed by atoms with Gasteiger partial charge >= 0.3 is 0 Å². The summed E-state index contributed by atoms with van der Waals surface area (Å²) in [5.74, 6) is -0.171. The highest BCUT2D eigenvalue weighted by molar-refractivity contribution is 7.15. The first kappa shape index (κ1) is 11.0. The van der Waals surface area contributed by atoms with Crippen molar-refractivity contribution in [2.75, 3.05) is 0 Å². The smallest absolute Gasteiger partial charge is 0.135 e. The zero-order valence-electron chi connectivity index (χ0n) is 8.74. The van der Waals surface area contributed by atoms with Crippen LogP contribution in [0.2, 0.25) is 0 Å². The molecule has 4 heteroatoms. The number of thiazole rings is 1. The van der Waals surface area contributed by atoms with E-state index in [1.54, 1.807) is 25.3 Å². The summed E-state index contributed by atoms with van der Waals surface area (Å²) in [4.78, 5) is 16.0. The Bertz CT molecular complexity index is 521. The fourth-order valence-electron chi connectivity index (χ4n) is 1.39. The number of nitrogens with zero attached hydrogens (tertiary/aromatic N) is 1. The van der Waals surface area contributed by atoms with E-state index in [0.29, 0.717) is 6.42 Å². The van der Waals surface area contributed by atoms with E-state index >= 15 is 0 Å². The number of rotatable bonds is 3. The minimum absolute atomic E-state index is 0.106. The van der Waals surface area contributed by atoms with Crippen LogP contribution in [0.4, 0.5) is 4.39 Å². The molecule has 0 unspecified atom stereocenters. The number of hydrogen-bond acceptors (Lipinski definition) is 3. The van der Waals surface area contributed by atoms with Crippen molar-refractivity contribution >= 4 is 17.1 Å². The van der Waals surface area contributed by atoms with E-state index < -0.39 is 0 Å². The minimum Gasteiger partial charge on any atom is -0.300 e. The number of aromatic nitrogens is 1. The lowest BCUT2D eigenvalue weighted by Gasteiger charge is -1.95. The fraction of sp³-hybridized carbons (Fsp3) is 0.167. The van der Waals surface area contributed by atoms with Crippen molar-refractivity contribution in [1.29, 1.82) is 0 Å². The summed E-state index contributed by atoms with van der Waals surface area (Å²) in [6.07, 6.45) is 2.07. The first-order valence-electron chi connectivity index (χ1n) is 4.85. The minimum atomic E-state index is -0.277. The predicted molar refractivity (Wildman–Crippen MR) is 61.9 cm³/mol. The van der Waals surface area contributed by atoms with Gasteiger partial charge in [-0.1, -0.05) is 12.1 Å². The standard InChI is InChI=1S/C12H10FNOS/c1-8(15)5-11-7-14-12(16-11)9-3-2-4-10(13)6-9/h2-4,6-7H,5H2,1H3. The third-order valence-corrected chi connectivity index (χ3v) is 3.09. The zero-order chi connectivity index (χ0) is 11.5. The molecule has 0 fully saturated rings.